The molecule has 0 saturated heterocycles. The standard InChI is InChI=1S/C14H17N3OS/c1-4-17-13(9-10(2)16-17)14(18)15-11-5-7-12(19-3)8-6-11/h5-9H,4H2,1-3H3,(H,15,18). The summed E-state index contributed by atoms with van der Waals surface area (Å²) in [7, 11) is 0. The normalized spacial score (nSPS) is 10.5. The van der Waals surface area contributed by atoms with Crippen molar-refractivity contribution >= 4 is 23.4 Å². The summed E-state index contributed by atoms with van der Waals surface area (Å²) >= 11 is 1.68. The fourth-order valence-corrected chi connectivity index (χ4v) is 2.25. The van der Waals surface area contributed by atoms with E-state index in [1.54, 1.807) is 22.5 Å². The first-order valence-electron chi connectivity index (χ1n) is 6.14. The monoisotopic (exact) mass is 275 g/mol. The molecule has 2 rings (SSSR count). The average Bonchev–Trinajstić information content (AvgIpc) is 2.81. The zero-order chi connectivity index (χ0) is 13.8. The van der Waals surface area contributed by atoms with Crippen LogP contribution < -0.4 is 5.32 Å². The number of nitrogens with one attached hydrogen (secondary N) is 1. The molecule has 1 N–H and O–H groups in total. The minimum absolute atomic E-state index is 0.126. The Kier molecular flexibility index (Phi) is 4.27. The number of rotatable bonds is 4. The van der Waals surface area contributed by atoms with Gasteiger partial charge >= 0.3 is 0 Å². The minimum Gasteiger partial charge on any atom is -0.321 e. The highest BCUT2D eigenvalue weighted by atomic mass is 32.2. The van der Waals surface area contributed by atoms with Crippen LogP contribution >= 0.6 is 11.8 Å². The third-order valence-electron chi connectivity index (χ3n) is 2.78. The van der Waals surface area contributed by atoms with Crippen molar-refractivity contribution in [3.8, 4) is 0 Å². The molecule has 0 spiro atoms. The smallest absolute Gasteiger partial charge is 0.273 e. The van der Waals surface area contributed by atoms with Crippen LogP contribution in [0.3, 0.4) is 0 Å². The molecule has 5 heteroatoms. The number of carbonyl (C=O) groups excluding carboxylic acids is 1. The molecule has 0 aliphatic carbocycles. The van der Waals surface area contributed by atoms with E-state index in [9.17, 15) is 4.79 Å². The molecule has 1 aromatic heterocycles. The lowest BCUT2D eigenvalue weighted by Crippen LogP contribution is -2.17. The molecular weight excluding hydrogens is 258 g/mol. The van der Waals surface area contributed by atoms with E-state index in [1.165, 1.54) is 4.90 Å². The molecule has 0 fully saturated rings. The maximum absolute atomic E-state index is 12.2. The summed E-state index contributed by atoms with van der Waals surface area (Å²) in [6.07, 6.45) is 2.02. The van der Waals surface area contributed by atoms with E-state index < -0.39 is 0 Å². The summed E-state index contributed by atoms with van der Waals surface area (Å²) in [4.78, 5) is 13.4. The number of anilines is 1. The number of benzene rings is 1. The number of hydrogen-bond acceptors (Lipinski definition) is 3. The van der Waals surface area contributed by atoms with Crippen LogP contribution in [0.5, 0.6) is 0 Å². The maximum Gasteiger partial charge on any atom is 0.273 e. The Morgan fingerprint density at radius 1 is 1.37 bits per heavy atom. The Balaban J connectivity index is 2.15. The number of aromatic nitrogens is 2. The number of hydrogen-bond donors (Lipinski definition) is 1. The first kappa shape index (κ1) is 13.7. The molecule has 100 valence electrons. The Morgan fingerprint density at radius 2 is 2.05 bits per heavy atom. The predicted octanol–water partition coefficient (Wildman–Crippen LogP) is 3.19. The molecule has 19 heavy (non-hydrogen) atoms. The van der Waals surface area contributed by atoms with Crippen molar-refractivity contribution in [2.24, 2.45) is 0 Å². The van der Waals surface area contributed by atoms with Crippen molar-refractivity contribution in [1.29, 1.82) is 0 Å². The van der Waals surface area contributed by atoms with Crippen LogP contribution in [0.1, 0.15) is 23.1 Å². The molecule has 0 bridgehead atoms. The average molecular weight is 275 g/mol. The molecule has 1 aromatic carbocycles. The second kappa shape index (κ2) is 5.93. The van der Waals surface area contributed by atoms with Crippen molar-refractivity contribution in [2.45, 2.75) is 25.3 Å². The zero-order valence-electron chi connectivity index (χ0n) is 11.3. The van der Waals surface area contributed by atoms with E-state index in [0.29, 0.717) is 12.2 Å². The molecule has 1 heterocycles. The molecule has 1 amide bonds. The van der Waals surface area contributed by atoms with E-state index in [1.807, 2.05) is 44.4 Å². The highest BCUT2D eigenvalue weighted by molar-refractivity contribution is 7.98. The number of thioether (sulfide) groups is 1. The van der Waals surface area contributed by atoms with Gasteiger partial charge in [0.2, 0.25) is 0 Å². The number of carbonyl (C=O) groups is 1. The topological polar surface area (TPSA) is 46.9 Å². The van der Waals surface area contributed by atoms with Gasteiger partial charge in [0.15, 0.2) is 0 Å². The Labute approximate surface area is 117 Å². The summed E-state index contributed by atoms with van der Waals surface area (Å²) in [5.74, 6) is -0.126. The molecule has 0 aliphatic rings. The highest BCUT2D eigenvalue weighted by Crippen LogP contribution is 2.18. The molecule has 2 aromatic rings. The third-order valence-corrected chi connectivity index (χ3v) is 3.53. The van der Waals surface area contributed by atoms with Crippen LogP contribution in [-0.2, 0) is 6.54 Å². The van der Waals surface area contributed by atoms with E-state index in [0.717, 1.165) is 11.4 Å². The summed E-state index contributed by atoms with van der Waals surface area (Å²) in [5.41, 5.74) is 2.24. The van der Waals surface area contributed by atoms with Gasteiger partial charge in [-0.05, 0) is 50.4 Å². The van der Waals surface area contributed by atoms with Gasteiger partial charge in [0, 0.05) is 17.1 Å². The fourth-order valence-electron chi connectivity index (χ4n) is 1.84. The summed E-state index contributed by atoms with van der Waals surface area (Å²) < 4.78 is 1.71. The molecule has 0 atom stereocenters. The van der Waals surface area contributed by atoms with Gasteiger partial charge < -0.3 is 5.32 Å². The maximum atomic E-state index is 12.2. The lowest BCUT2D eigenvalue weighted by molar-refractivity contribution is 0.101. The van der Waals surface area contributed by atoms with Crippen LogP contribution in [0.15, 0.2) is 35.2 Å². The molecule has 4 nitrogen and oxygen atoms in total. The summed E-state index contributed by atoms with van der Waals surface area (Å²) in [6, 6.07) is 9.59. The fraction of sp³-hybridized carbons (Fsp3) is 0.286. The first-order valence-corrected chi connectivity index (χ1v) is 7.36. The van der Waals surface area contributed by atoms with Crippen molar-refractivity contribution in [3.63, 3.8) is 0 Å². The largest absolute Gasteiger partial charge is 0.321 e. The predicted molar refractivity (Wildman–Crippen MR) is 78.8 cm³/mol. The quantitative estimate of drug-likeness (QED) is 0.872. The van der Waals surface area contributed by atoms with Crippen molar-refractivity contribution in [1.82, 2.24) is 9.78 Å². The van der Waals surface area contributed by atoms with Gasteiger partial charge in [0.05, 0.1) is 5.69 Å². The van der Waals surface area contributed by atoms with Crippen molar-refractivity contribution in [3.05, 3.63) is 41.7 Å². The van der Waals surface area contributed by atoms with Crippen LogP contribution in [-0.4, -0.2) is 21.9 Å². The Bertz CT molecular complexity index is 575. The van der Waals surface area contributed by atoms with Crippen LogP contribution in [0.4, 0.5) is 5.69 Å². The van der Waals surface area contributed by atoms with E-state index >= 15 is 0 Å². The van der Waals surface area contributed by atoms with Crippen LogP contribution in [0, 0.1) is 6.92 Å². The van der Waals surface area contributed by atoms with E-state index in [4.69, 9.17) is 0 Å². The molecule has 0 saturated carbocycles. The number of amides is 1. The van der Waals surface area contributed by atoms with Gasteiger partial charge in [0.1, 0.15) is 5.69 Å². The summed E-state index contributed by atoms with van der Waals surface area (Å²) in [5, 5.41) is 7.16. The van der Waals surface area contributed by atoms with Crippen LogP contribution in [0.2, 0.25) is 0 Å². The number of nitrogens with zero attached hydrogens (tertiary/aromatic N) is 2. The van der Waals surface area contributed by atoms with Gasteiger partial charge in [-0.3, -0.25) is 9.48 Å². The SMILES string of the molecule is CCn1nc(C)cc1C(=O)Nc1ccc(SC)cc1. The first-order chi connectivity index (χ1) is 9.13. The second-order valence-electron chi connectivity index (χ2n) is 4.17. The summed E-state index contributed by atoms with van der Waals surface area (Å²) in [6.45, 7) is 4.54. The number of aryl methyl sites for hydroxylation is 2. The Morgan fingerprint density at radius 3 is 2.63 bits per heavy atom. The lowest BCUT2D eigenvalue weighted by atomic mass is 10.3. The van der Waals surface area contributed by atoms with E-state index in [-0.39, 0.29) is 5.91 Å². The second-order valence-corrected chi connectivity index (χ2v) is 5.05. The van der Waals surface area contributed by atoms with Gasteiger partial charge in [-0.15, -0.1) is 11.8 Å². The molecular formula is C14H17N3OS. The van der Waals surface area contributed by atoms with Gasteiger partial charge in [-0.2, -0.15) is 5.10 Å². The minimum atomic E-state index is -0.126. The lowest BCUT2D eigenvalue weighted by Gasteiger charge is -2.07. The van der Waals surface area contributed by atoms with Gasteiger partial charge in [0.25, 0.3) is 5.91 Å². The van der Waals surface area contributed by atoms with Gasteiger partial charge in [-0.1, -0.05) is 0 Å². The van der Waals surface area contributed by atoms with Gasteiger partial charge in [-0.25, -0.2) is 0 Å². The zero-order valence-corrected chi connectivity index (χ0v) is 12.1. The molecule has 0 unspecified atom stereocenters. The van der Waals surface area contributed by atoms with Crippen molar-refractivity contribution < 1.29 is 4.79 Å². The van der Waals surface area contributed by atoms with Crippen LogP contribution in [0.25, 0.3) is 0 Å². The van der Waals surface area contributed by atoms with Crippen molar-refractivity contribution in [2.75, 3.05) is 11.6 Å². The Hall–Kier alpha value is -1.75. The third kappa shape index (κ3) is 3.17. The molecule has 0 aliphatic heterocycles. The molecule has 0 radical (unpaired) electrons. The van der Waals surface area contributed by atoms with E-state index in [2.05, 4.69) is 10.4 Å². The highest BCUT2D eigenvalue weighted by Gasteiger charge is 2.13.